The molecule has 3 nitrogen and oxygen atoms in total. The van der Waals surface area contributed by atoms with Gasteiger partial charge in [0.05, 0.1) is 11.3 Å². The molecule has 0 aliphatic carbocycles. The molecule has 1 heterocycles. The summed E-state index contributed by atoms with van der Waals surface area (Å²) in [6.07, 6.45) is 0. The summed E-state index contributed by atoms with van der Waals surface area (Å²) in [4.78, 5) is 13.4. The maximum Gasteiger partial charge on any atom is 0.337 e. The number of carbonyl (C=O) groups is 1. The third-order valence-corrected chi connectivity index (χ3v) is 3.83. The summed E-state index contributed by atoms with van der Waals surface area (Å²) in [5, 5.41) is 9.26. The fraction of sp³-hybridized carbons (Fsp3) is 0.533. The molecule has 98 valence electrons. The quantitative estimate of drug-likeness (QED) is 0.872. The van der Waals surface area contributed by atoms with Crippen LogP contribution in [0.25, 0.3) is 0 Å². The number of hydrogen-bond acceptors (Lipinski definition) is 2. The number of carboxylic acid groups (broad SMARTS) is 1. The first-order chi connectivity index (χ1) is 8.29. The first-order valence-corrected chi connectivity index (χ1v) is 6.38. The van der Waals surface area contributed by atoms with Gasteiger partial charge in [0.15, 0.2) is 0 Å². The summed E-state index contributed by atoms with van der Waals surface area (Å²) >= 11 is 0. The van der Waals surface area contributed by atoms with Crippen LogP contribution in [0.1, 0.15) is 36.7 Å². The van der Waals surface area contributed by atoms with Crippen molar-refractivity contribution in [1.82, 2.24) is 0 Å². The van der Waals surface area contributed by atoms with E-state index in [0.29, 0.717) is 16.9 Å². The van der Waals surface area contributed by atoms with E-state index in [2.05, 4.69) is 25.7 Å². The second-order valence-electron chi connectivity index (χ2n) is 6.29. The van der Waals surface area contributed by atoms with Gasteiger partial charge in [-0.25, -0.2) is 4.79 Å². The fourth-order valence-electron chi connectivity index (χ4n) is 2.32. The van der Waals surface area contributed by atoms with Crippen molar-refractivity contribution in [3.63, 3.8) is 0 Å². The van der Waals surface area contributed by atoms with Crippen molar-refractivity contribution >= 4 is 11.7 Å². The van der Waals surface area contributed by atoms with Gasteiger partial charge in [0, 0.05) is 13.1 Å². The lowest BCUT2D eigenvalue weighted by atomic mass is 9.75. The van der Waals surface area contributed by atoms with Crippen LogP contribution >= 0.6 is 0 Å². The molecule has 0 saturated carbocycles. The third-order valence-electron chi connectivity index (χ3n) is 3.83. The van der Waals surface area contributed by atoms with Crippen molar-refractivity contribution in [1.29, 1.82) is 0 Å². The molecule has 3 heteroatoms. The molecule has 1 aliphatic heterocycles. The molecule has 1 aromatic rings. The molecule has 0 bridgehead atoms. The Balaban J connectivity index is 2.19. The second-order valence-corrected chi connectivity index (χ2v) is 6.29. The van der Waals surface area contributed by atoms with E-state index < -0.39 is 5.97 Å². The molecular weight excluding hydrogens is 226 g/mol. The predicted octanol–water partition coefficient (Wildman–Crippen LogP) is 3.18. The average Bonchev–Trinajstić information content (AvgIpc) is 2.15. The Hall–Kier alpha value is -1.51. The Labute approximate surface area is 108 Å². The van der Waals surface area contributed by atoms with E-state index >= 15 is 0 Å². The molecule has 1 saturated heterocycles. The minimum atomic E-state index is -0.840. The average molecular weight is 247 g/mol. The van der Waals surface area contributed by atoms with E-state index in [1.807, 2.05) is 19.1 Å². The van der Waals surface area contributed by atoms with Gasteiger partial charge in [-0.05, 0) is 30.4 Å². The molecule has 0 spiro atoms. The number of aryl methyl sites for hydroxylation is 1. The van der Waals surface area contributed by atoms with Crippen molar-refractivity contribution in [2.45, 2.75) is 27.7 Å². The van der Waals surface area contributed by atoms with Gasteiger partial charge in [0.25, 0.3) is 0 Å². The van der Waals surface area contributed by atoms with E-state index in [4.69, 9.17) is 0 Å². The van der Waals surface area contributed by atoms with Crippen LogP contribution in [0, 0.1) is 18.3 Å². The number of anilines is 1. The summed E-state index contributed by atoms with van der Waals surface area (Å²) in [5.41, 5.74) is 2.56. The van der Waals surface area contributed by atoms with Gasteiger partial charge in [-0.3, -0.25) is 0 Å². The van der Waals surface area contributed by atoms with Gasteiger partial charge in [-0.2, -0.15) is 0 Å². The summed E-state index contributed by atoms with van der Waals surface area (Å²) in [7, 11) is 0. The fourth-order valence-corrected chi connectivity index (χ4v) is 2.32. The van der Waals surface area contributed by atoms with Crippen LogP contribution in [-0.2, 0) is 0 Å². The number of aromatic carboxylic acids is 1. The van der Waals surface area contributed by atoms with Crippen molar-refractivity contribution in [3.05, 3.63) is 29.3 Å². The summed E-state index contributed by atoms with van der Waals surface area (Å²) < 4.78 is 0. The maximum absolute atomic E-state index is 11.3. The monoisotopic (exact) mass is 247 g/mol. The lowest BCUT2D eigenvalue weighted by Gasteiger charge is -2.48. The van der Waals surface area contributed by atoms with E-state index in [1.54, 1.807) is 6.07 Å². The van der Waals surface area contributed by atoms with Gasteiger partial charge in [0.1, 0.15) is 0 Å². The summed E-state index contributed by atoms with van der Waals surface area (Å²) in [6.45, 7) is 10.5. The highest BCUT2D eigenvalue weighted by molar-refractivity contribution is 5.95. The normalized spacial score (nSPS) is 16.6. The zero-order chi connectivity index (χ0) is 13.5. The van der Waals surface area contributed by atoms with Gasteiger partial charge in [-0.1, -0.05) is 32.4 Å². The predicted molar refractivity (Wildman–Crippen MR) is 73.3 cm³/mol. The topological polar surface area (TPSA) is 40.5 Å². The Morgan fingerprint density at radius 2 is 1.94 bits per heavy atom. The third kappa shape index (κ3) is 2.35. The van der Waals surface area contributed by atoms with Crippen LogP contribution in [0.3, 0.4) is 0 Å². The van der Waals surface area contributed by atoms with Gasteiger partial charge >= 0.3 is 5.97 Å². The van der Waals surface area contributed by atoms with Crippen LogP contribution in [0.5, 0.6) is 0 Å². The van der Waals surface area contributed by atoms with Gasteiger partial charge < -0.3 is 10.0 Å². The van der Waals surface area contributed by atoms with Gasteiger partial charge in [-0.15, -0.1) is 0 Å². The van der Waals surface area contributed by atoms with E-state index in [9.17, 15) is 9.90 Å². The summed E-state index contributed by atoms with van der Waals surface area (Å²) in [5.74, 6) is -0.201. The number of carboxylic acids is 1. The molecule has 0 unspecified atom stereocenters. The van der Waals surface area contributed by atoms with Crippen LogP contribution < -0.4 is 4.90 Å². The highest BCUT2D eigenvalue weighted by Crippen LogP contribution is 2.37. The number of rotatable bonds is 2. The first-order valence-electron chi connectivity index (χ1n) is 6.38. The molecule has 0 radical (unpaired) electrons. The number of benzene rings is 1. The standard InChI is InChI=1S/C15H21NO2/c1-10-5-6-13(12(7-10)14(17)18)16-8-11(9-16)15(2,3)4/h5-7,11H,8-9H2,1-4H3,(H,17,18). The molecule has 1 N–H and O–H groups in total. The van der Waals surface area contributed by atoms with Crippen molar-refractivity contribution < 1.29 is 9.90 Å². The smallest absolute Gasteiger partial charge is 0.337 e. The van der Waals surface area contributed by atoms with E-state index in [1.165, 1.54) is 0 Å². The van der Waals surface area contributed by atoms with Crippen LogP contribution in [0.15, 0.2) is 18.2 Å². The molecule has 0 aromatic heterocycles. The Morgan fingerprint density at radius 1 is 1.33 bits per heavy atom. The van der Waals surface area contributed by atoms with Crippen LogP contribution in [-0.4, -0.2) is 24.2 Å². The van der Waals surface area contributed by atoms with Crippen LogP contribution in [0.2, 0.25) is 0 Å². The molecular formula is C15H21NO2. The largest absolute Gasteiger partial charge is 0.478 e. The molecule has 0 atom stereocenters. The summed E-state index contributed by atoms with van der Waals surface area (Å²) in [6, 6.07) is 5.66. The maximum atomic E-state index is 11.3. The minimum Gasteiger partial charge on any atom is -0.478 e. The Bertz CT molecular complexity index is 468. The zero-order valence-corrected chi connectivity index (χ0v) is 11.5. The Kier molecular flexibility index (Phi) is 3.09. The zero-order valence-electron chi connectivity index (χ0n) is 11.5. The molecule has 0 amide bonds. The van der Waals surface area contributed by atoms with Crippen molar-refractivity contribution in [2.75, 3.05) is 18.0 Å². The second kappa shape index (κ2) is 4.30. The SMILES string of the molecule is Cc1ccc(N2CC(C(C)(C)C)C2)c(C(=O)O)c1. The van der Waals surface area contributed by atoms with E-state index in [-0.39, 0.29) is 0 Å². The van der Waals surface area contributed by atoms with Crippen molar-refractivity contribution in [3.8, 4) is 0 Å². The highest BCUT2D eigenvalue weighted by atomic mass is 16.4. The molecule has 1 fully saturated rings. The molecule has 2 rings (SSSR count). The highest BCUT2D eigenvalue weighted by Gasteiger charge is 2.36. The van der Waals surface area contributed by atoms with Crippen molar-refractivity contribution in [2.24, 2.45) is 11.3 Å². The van der Waals surface area contributed by atoms with Crippen LogP contribution in [0.4, 0.5) is 5.69 Å². The number of nitrogens with zero attached hydrogens (tertiary/aromatic N) is 1. The molecule has 1 aliphatic rings. The molecule has 1 aromatic carbocycles. The lowest BCUT2D eigenvalue weighted by molar-refractivity contribution is 0.0696. The van der Waals surface area contributed by atoms with Gasteiger partial charge in [0.2, 0.25) is 0 Å². The Morgan fingerprint density at radius 3 is 2.44 bits per heavy atom. The first kappa shape index (κ1) is 12.9. The molecule has 18 heavy (non-hydrogen) atoms. The van der Waals surface area contributed by atoms with E-state index in [0.717, 1.165) is 24.3 Å². The lowest BCUT2D eigenvalue weighted by Crippen LogP contribution is -2.52. The minimum absolute atomic E-state index is 0.296. The number of hydrogen-bond donors (Lipinski definition) is 1.